The molecule has 8 rings (SSSR count). The molecule has 0 radical (unpaired) electrons. The number of fused-ring (bicyclic) bond motifs is 3. The number of hydrogen-bond acceptors (Lipinski definition) is 4. The predicted molar refractivity (Wildman–Crippen MR) is 248 cm³/mol. The summed E-state index contributed by atoms with van der Waals surface area (Å²) in [4.78, 5) is 9.26. The number of hydrogen-bond donors (Lipinski definition) is 0. The van der Waals surface area contributed by atoms with E-state index in [4.69, 9.17) is 9.72 Å². The van der Waals surface area contributed by atoms with Crippen LogP contribution in [0.2, 0.25) is 0 Å². The van der Waals surface area contributed by atoms with E-state index in [2.05, 4.69) is 201 Å². The molecule has 5 nitrogen and oxygen atoms in total. The molecular formula is C54H57N4OPt-3. The number of anilines is 2. The quantitative estimate of drug-likeness (QED) is 0.156. The number of aromatic nitrogens is 2. The van der Waals surface area contributed by atoms with E-state index in [9.17, 15) is 0 Å². The summed E-state index contributed by atoms with van der Waals surface area (Å²) in [5, 5.41) is 2.26. The van der Waals surface area contributed by atoms with E-state index < -0.39 is 0 Å². The molecule has 5 aromatic carbocycles. The van der Waals surface area contributed by atoms with Crippen molar-refractivity contribution in [2.45, 2.75) is 105 Å². The fourth-order valence-corrected chi connectivity index (χ4v) is 7.79. The van der Waals surface area contributed by atoms with Crippen LogP contribution in [0.3, 0.4) is 0 Å². The van der Waals surface area contributed by atoms with Crippen molar-refractivity contribution in [3.8, 4) is 28.4 Å². The van der Waals surface area contributed by atoms with Crippen LogP contribution in [0.25, 0.3) is 38.8 Å². The molecule has 0 bridgehead atoms. The molecule has 0 unspecified atom stereocenters. The third-order valence-electron chi connectivity index (χ3n) is 11.4. The predicted octanol–water partition coefficient (Wildman–Crippen LogP) is 14.3. The maximum Gasteiger partial charge on any atom is 0.136 e. The molecule has 60 heavy (non-hydrogen) atoms. The zero-order chi connectivity index (χ0) is 42.1. The first-order valence-corrected chi connectivity index (χ1v) is 20.8. The van der Waals surface area contributed by atoms with Gasteiger partial charge in [-0.3, -0.25) is 0 Å². The van der Waals surface area contributed by atoms with Crippen LogP contribution in [0, 0.1) is 18.8 Å². The van der Waals surface area contributed by atoms with E-state index in [0.29, 0.717) is 11.5 Å². The Bertz CT molecular complexity index is 2700. The topological polar surface area (TPSA) is 33.5 Å². The van der Waals surface area contributed by atoms with Crippen LogP contribution in [-0.2, 0) is 42.7 Å². The summed E-state index contributed by atoms with van der Waals surface area (Å²) in [6.45, 7) is 29.3. The minimum Gasteiger partial charge on any atom is -0.509 e. The molecule has 2 aromatic heterocycles. The summed E-state index contributed by atoms with van der Waals surface area (Å²) in [5.74, 6) is 2.06. The van der Waals surface area contributed by atoms with Gasteiger partial charge in [-0.2, -0.15) is 12.1 Å². The molecule has 0 spiro atoms. The van der Waals surface area contributed by atoms with E-state index in [1.807, 2.05) is 36.7 Å². The fourth-order valence-electron chi connectivity index (χ4n) is 7.79. The Hall–Kier alpha value is -5.12. The van der Waals surface area contributed by atoms with Gasteiger partial charge < -0.3 is 19.1 Å². The Labute approximate surface area is 372 Å². The average molecular weight is 973 g/mol. The van der Waals surface area contributed by atoms with Gasteiger partial charge in [0.1, 0.15) is 5.82 Å². The Morgan fingerprint density at radius 3 is 1.88 bits per heavy atom. The first-order chi connectivity index (χ1) is 27.7. The van der Waals surface area contributed by atoms with Crippen LogP contribution < -0.4 is 14.5 Å². The number of nitrogens with zero attached hydrogens (tertiary/aromatic N) is 4. The van der Waals surface area contributed by atoms with Gasteiger partial charge in [0.15, 0.2) is 0 Å². The van der Waals surface area contributed by atoms with Gasteiger partial charge in [-0.15, -0.1) is 48.1 Å². The van der Waals surface area contributed by atoms with Gasteiger partial charge in [-0.25, -0.2) is 4.98 Å². The van der Waals surface area contributed by atoms with Crippen molar-refractivity contribution in [1.29, 1.82) is 0 Å². The van der Waals surface area contributed by atoms with Gasteiger partial charge in [-0.1, -0.05) is 137 Å². The Balaban J connectivity index is 0.00000544. The van der Waals surface area contributed by atoms with Crippen molar-refractivity contribution in [3.05, 3.63) is 163 Å². The van der Waals surface area contributed by atoms with E-state index in [1.165, 1.54) is 27.8 Å². The van der Waals surface area contributed by atoms with Crippen LogP contribution in [0.5, 0.6) is 11.5 Å². The molecule has 0 fully saturated rings. The maximum absolute atomic E-state index is 6.60. The minimum atomic E-state index is -0.118. The number of benzene rings is 5. The number of pyridine rings is 1. The van der Waals surface area contributed by atoms with Gasteiger partial charge in [0.25, 0.3) is 0 Å². The first kappa shape index (κ1) is 43.0. The van der Waals surface area contributed by atoms with Crippen molar-refractivity contribution in [3.63, 3.8) is 0 Å². The molecule has 0 N–H and O–H groups in total. The SMILES string of the molecule is CC(C)(C)c1cccc(N2C=CN(c3[c-]c(Oc4[c-]c5c(cc4)c4cccc(C(C)(C)C)c4n5-c4cc(-c5cc(C(C)(C)C)cc(C(C)(C)C)c5)ccn4)ccc3)[CH-]2)c1.[Pt]. The van der Waals surface area contributed by atoms with Gasteiger partial charge >= 0.3 is 0 Å². The minimum absolute atomic E-state index is 0. The summed E-state index contributed by atoms with van der Waals surface area (Å²) in [7, 11) is 0. The second-order valence-corrected chi connectivity index (χ2v) is 20.1. The van der Waals surface area contributed by atoms with Crippen molar-refractivity contribution in [2.75, 3.05) is 9.80 Å². The molecule has 0 saturated carbocycles. The van der Waals surface area contributed by atoms with Crippen molar-refractivity contribution >= 4 is 33.2 Å². The van der Waals surface area contributed by atoms with E-state index in [0.717, 1.165) is 44.6 Å². The fraction of sp³-hybridized carbons (Fsp3) is 0.296. The Kier molecular flexibility index (Phi) is 11.3. The van der Waals surface area contributed by atoms with E-state index >= 15 is 0 Å². The van der Waals surface area contributed by atoms with Crippen LogP contribution in [0.4, 0.5) is 11.4 Å². The molecule has 0 saturated heterocycles. The van der Waals surface area contributed by atoms with Crippen LogP contribution in [-0.4, -0.2) is 9.55 Å². The molecular weight excluding hydrogens is 916 g/mol. The van der Waals surface area contributed by atoms with Gasteiger partial charge in [-0.05, 0) is 97.1 Å². The normalized spacial score (nSPS) is 13.7. The summed E-state index contributed by atoms with van der Waals surface area (Å²) >= 11 is 0. The molecule has 0 atom stereocenters. The zero-order valence-electron chi connectivity index (χ0n) is 37.1. The molecule has 7 aromatic rings. The maximum atomic E-state index is 6.60. The first-order valence-electron chi connectivity index (χ1n) is 20.8. The second kappa shape index (κ2) is 15.7. The summed E-state index contributed by atoms with van der Waals surface area (Å²) in [6, 6.07) is 44.1. The summed E-state index contributed by atoms with van der Waals surface area (Å²) in [5.41, 5.74) is 11.5. The Morgan fingerprint density at radius 2 is 1.20 bits per heavy atom. The molecule has 3 heterocycles. The molecule has 6 heteroatoms. The zero-order valence-corrected chi connectivity index (χ0v) is 39.4. The molecule has 312 valence electrons. The summed E-state index contributed by atoms with van der Waals surface area (Å²) in [6.07, 6.45) is 6.06. The van der Waals surface area contributed by atoms with Crippen molar-refractivity contribution < 1.29 is 25.8 Å². The van der Waals surface area contributed by atoms with Gasteiger partial charge in [0.2, 0.25) is 0 Å². The molecule has 1 aliphatic heterocycles. The van der Waals surface area contributed by atoms with Gasteiger partial charge in [0.05, 0.1) is 0 Å². The van der Waals surface area contributed by atoms with Crippen LogP contribution >= 0.6 is 0 Å². The largest absolute Gasteiger partial charge is 0.509 e. The van der Waals surface area contributed by atoms with E-state index in [1.54, 1.807) is 0 Å². The third-order valence-corrected chi connectivity index (χ3v) is 11.4. The van der Waals surface area contributed by atoms with Crippen LogP contribution in [0.1, 0.15) is 105 Å². The smallest absolute Gasteiger partial charge is 0.136 e. The number of para-hydroxylation sites is 1. The third kappa shape index (κ3) is 8.57. The molecule has 0 aliphatic carbocycles. The number of rotatable bonds is 6. The van der Waals surface area contributed by atoms with Crippen molar-refractivity contribution in [1.82, 2.24) is 9.55 Å². The number of ether oxygens (including phenoxy) is 1. The van der Waals surface area contributed by atoms with Gasteiger partial charge in [0, 0.05) is 50.0 Å². The van der Waals surface area contributed by atoms with Crippen molar-refractivity contribution in [2.24, 2.45) is 0 Å². The average Bonchev–Trinajstić information content (AvgIpc) is 3.80. The van der Waals surface area contributed by atoms with Crippen LogP contribution in [0.15, 0.2) is 122 Å². The molecule has 1 aliphatic rings. The molecule has 0 amide bonds. The monoisotopic (exact) mass is 972 g/mol. The summed E-state index contributed by atoms with van der Waals surface area (Å²) < 4.78 is 8.88. The second-order valence-electron chi connectivity index (χ2n) is 20.1. The Morgan fingerprint density at radius 1 is 0.550 bits per heavy atom. The standard InChI is InChI=1S/C54H57N4O.Pt/c1-51(2,3)38-16-13-17-41(32-38)56-26-27-57(35-56)42-18-14-19-43(33-42)59-44-22-23-45-46-20-15-21-47(54(10,11)12)50(46)58(48(45)34-44)49-30-36(24-25-55-49)37-28-39(52(4,5)6)31-40(29-37)53(7,8)9;/h13-32,35H,1-12H3;/q-3;. The van der Waals surface area contributed by atoms with E-state index in [-0.39, 0.29) is 42.7 Å².